The minimum Gasteiger partial charge on any atom is -0.478 e. The predicted octanol–water partition coefficient (Wildman–Crippen LogP) is 3.33. The fourth-order valence-electron chi connectivity index (χ4n) is 6.75. The predicted molar refractivity (Wildman–Crippen MR) is 152 cm³/mol. The molecule has 1 saturated carbocycles. The van der Waals surface area contributed by atoms with Crippen LogP contribution in [-0.2, 0) is 20.8 Å². The number of hydrogen-bond donors (Lipinski definition) is 2. The largest absolute Gasteiger partial charge is 0.478 e. The Hall–Kier alpha value is -3.57. The number of aromatic nitrogens is 1. The van der Waals surface area contributed by atoms with E-state index in [1.54, 1.807) is 18.3 Å². The molecule has 1 aromatic heterocycles. The average Bonchev–Trinajstić information content (AvgIpc) is 2.94. The highest BCUT2D eigenvalue weighted by atomic mass is 35.5. The van der Waals surface area contributed by atoms with Gasteiger partial charge in [0.2, 0.25) is 23.6 Å². The van der Waals surface area contributed by atoms with Crippen LogP contribution in [0, 0.1) is 11.2 Å². The summed E-state index contributed by atoms with van der Waals surface area (Å²) in [7, 11) is 0. The number of fused-ring (bicyclic) bond motifs is 1. The van der Waals surface area contributed by atoms with Gasteiger partial charge >= 0.3 is 0 Å². The zero-order valence-electron chi connectivity index (χ0n) is 23.2. The molecule has 1 spiro atoms. The smallest absolute Gasteiger partial charge is 0.261 e. The number of nitrogens with one attached hydrogen (secondary N) is 2. The molecule has 0 radical (unpaired) electrons. The molecule has 1 aliphatic carbocycles. The second kappa shape index (κ2) is 11.6. The van der Waals surface area contributed by atoms with Gasteiger partial charge in [-0.25, -0.2) is 9.37 Å². The van der Waals surface area contributed by atoms with E-state index in [2.05, 4.69) is 20.5 Å². The van der Waals surface area contributed by atoms with Gasteiger partial charge in [0.05, 0.1) is 23.7 Å². The van der Waals surface area contributed by atoms with Gasteiger partial charge < -0.3 is 15.0 Å². The van der Waals surface area contributed by atoms with Crippen molar-refractivity contribution in [2.45, 2.75) is 63.5 Å². The van der Waals surface area contributed by atoms with Crippen molar-refractivity contribution in [1.82, 2.24) is 20.1 Å². The summed E-state index contributed by atoms with van der Waals surface area (Å²) >= 11 is 5.86. The highest BCUT2D eigenvalue weighted by molar-refractivity contribution is 6.30. The lowest BCUT2D eigenvalue weighted by Crippen LogP contribution is -2.58. The van der Waals surface area contributed by atoms with Crippen LogP contribution in [0.5, 0.6) is 5.88 Å². The monoisotopic (exact) mass is 597 g/mol. The molecule has 4 aliphatic rings. The van der Waals surface area contributed by atoms with E-state index >= 15 is 4.39 Å². The highest BCUT2D eigenvalue weighted by Gasteiger charge is 2.47. The molecule has 4 amide bonds. The number of nitrogens with zero attached hydrogens (tertiary/aromatic N) is 3. The molecule has 3 fully saturated rings. The zero-order valence-corrected chi connectivity index (χ0v) is 23.9. The number of ether oxygens (including phenoxy) is 1. The number of hydrogen-bond acceptors (Lipinski definition) is 8. The Morgan fingerprint density at radius 2 is 1.90 bits per heavy atom. The molecule has 1 aromatic carbocycles. The number of imide groups is 2. The maximum absolute atomic E-state index is 15.0. The Kier molecular flexibility index (Phi) is 7.89. The van der Waals surface area contributed by atoms with Crippen molar-refractivity contribution >= 4 is 40.9 Å². The second-order valence-electron chi connectivity index (χ2n) is 11.8. The summed E-state index contributed by atoms with van der Waals surface area (Å²) in [6.45, 7) is 3.54. The molecular weight excluding hydrogens is 565 g/mol. The number of benzene rings is 1. The Morgan fingerprint density at radius 3 is 2.62 bits per heavy atom. The molecule has 1 unspecified atom stereocenters. The molecule has 2 saturated heterocycles. The van der Waals surface area contributed by atoms with E-state index in [9.17, 15) is 19.2 Å². The number of halogens is 2. The molecule has 4 heterocycles. The molecule has 2 N–H and O–H groups in total. The van der Waals surface area contributed by atoms with E-state index < -0.39 is 35.5 Å². The number of pyridine rings is 1. The first-order valence-corrected chi connectivity index (χ1v) is 14.8. The lowest BCUT2D eigenvalue weighted by atomic mass is 9.60. The molecule has 1 atom stereocenters. The second-order valence-corrected chi connectivity index (χ2v) is 12.2. The van der Waals surface area contributed by atoms with Gasteiger partial charge in [0, 0.05) is 42.4 Å². The van der Waals surface area contributed by atoms with Gasteiger partial charge in [-0.15, -0.1) is 0 Å². The van der Waals surface area contributed by atoms with Gasteiger partial charge in [0.15, 0.2) is 0 Å². The molecule has 10 nitrogen and oxygen atoms in total. The first kappa shape index (κ1) is 28.5. The number of amides is 4. The third-order valence-electron chi connectivity index (χ3n) is 9.02. The zero-order chi connectivity index (χ0) is 29.4. The van der Waals surface area contributed by atoms with Gasteiger partial charge in [-0.05, 0) is 75.2 Å². The summed E-state index contributed by atoms with van der Waals surface area (Å²) in [5.41, 5.74) is 0.962. The average molecular weight is 598 g/mol. The number of piperidine rings is 2. The van der Waals surface area contributed by atoms with E-state index in [1.165, 1.54) is 12.1 Å². The summed E-state index contributed by atoms with van der Waals surface area (Å²) in [6, 6.07) is 5.14. The third kappa shape index (κ3) is 5.72. The van der Waals surface area contributed by atoms with Crippen molar-refractivity contribution in [3.63, 3.8) is 0 Å². The van der Waals surface area contributed by atoms with E-state index in [4.69, 9.17) is 16.3 Å². The summed E-state index contributed by atoms with van der Waals surface area (Å²) in [5, 5.41) is 6.07. The summed E-state index contributed by atoms with van der Waals surface area (Å²) in [6.07, 6.45) is 6.35. The van der Waals surface area contributed by atoms with Gasteiger partial charge in [0.25, 0.3) is 5.91 Å². The SMILES string of the molecule is O=C1CCC(N2C(=O)Cc3c(ccc(F)c3NC3CC4(CCN(CCCOc5ccc(Cl)cn5)CC4)C3)C2=O)C(=O)N1. The maximum atomic E-state index is 15.0. The van der Waals surface area contributed by atoms with Gasteiger partial charge in [0.1, 0.15) is 11.9 Å². The van der Waals surface area contributed by atoms with Crippen LogP contribution in [0.25, 0.3) is 0 Å². The van der Waals surface area contributed by atoms with Crippen LogP contribution in [0.3, 0.4) is 0 Å². The lowest BCUT2D eigenvalue weighted by Gasteiger charge is -2.53. The Balaban J connectivity index is 1.01. The van der Waals surface area contributed by atoms with E-state index in [0.29, 0.717) is 23.1 Å². The third-order valence-corrected chi connectivity index (χ3v) is 9.25. The van der Waals surface area contributed by atoms with E-state index in [0.717, 1.165) is 56.6 Å². The number of anilines is 1. The molecule has 6 rings (SSSR count). The van der Waals surface area contributed by atoms with Crippen molar-refractivity contribution in [3.05, 3.63) is 52.4 Å². The molecule has 222 valence electrons. The van der Waals surface area contributed by atoms with Gasteiger partial charge in [-0.1, -0.05) is 11.6 Å². The number of rotatable bonds is 8. The first-order valence-electron chi connectivity index (χ1n) is 14.5. The van der Waals surface area contributed by atoms with Gasteiger partial charge in [-0.3, -0.25) is 29.4 Å². The molecule has 2 aromatic rings. The van der Waals surface area contributed by atoms with Crippen LogP contribution in [0.2, 0.25) is 5.02 Å². The van der Waals surface area contributed by atoms with Crippen LogP contribution in [0.1, 0.15) is 60.9 Å². The van der Waals surface area contributed by atoms with Crippen molar-refractivity contribution in [2.24, 2.45) is 5.41 Å². The quantitative estimate of drug-likeness (QED) is 0.351. The Morgan fingerprint density at radius 1 is 1.12 bits per heavy atom. The Labute approximate surface area is 247 Å². The molecule has 0 bridgehead atoms. The van der Waals surface area contributed by atoms with Gasteiger partial charge in [-0.2, -0.15) is 0 Å². The minimum atomic E-state index is -1.04. The normalized spacial score (nSPS) is 22.5. The Bertz CT molecular complexity index is 1400. The maximum Gasteiger partial charge on any atom is 0.261 e. The van der Waals surface area contributed by atoms with Crippen molar-refractivity contribution in [1.29, 1.82) is 0 Å². The van der Waals surface area contributed by atoms with Crippen molar-refractivity contribution < 1.29 is 28.3 Å². The standard InChI is InChI=1S/C30H33ClFN5O5/c31-18-2-7-25(33-17-18)42-13-1-10-36-11-8-30(9-12-36)15-19(16-30)34-27-21-14-26(39)37(23-5-6-24(38)35-28(23)40)29(41)20(21)3-4-22(27)32/h2-4,7,17,19,23,34H,1,5-6,8-16H2,(H,35,38,40). The van der Waals surface area contributed by atoms with Crippen LogP contribution >= 0.6 is 11.6 Å². The lowest BCUT2D eigenvalue weighted by molar-refractivity contribution is -0.143. The van der Waals surface area contributed by atoms with Crippen LogP contribution in [0.4, 0.5) is 10.1 Å². The number of likely N-dealkylation sites (tertiary alicyclic amines) is 1. The first-order chi connectivity index (χ1) is 20.2. The molecule has 42 heavy (non-hydrogen) atoms. The fraction of sp³-hybridized carbons (Fsp3) is 0.500. The summed E-state index contributed by atoms with van der Waals surface area (Å²) < 4.78 is 20.7. The molecule has 3 aliphatic heterocycles. The van der Waals surface area contributed by atoms with Crippen LogP contribution in [0.15, 0.2) is 30.5 Å². The highest BCUT2D eigenvalue weighted by Crippen LogP contribution is 2.50. The van der Waals surface area contributed by atoms with Crippen molar-refractivity contribution in [2.75, 3.05) is 31.6 Å². The van der Waals surface area contributed by atoms with Crippen LogP contribution in [-0.4, -0.2) is 76.7 Å². The summed E-state index contributed by atoms with van der Waals surface area (Å²) in [4.78, 5) is 57.8. The molecule has 12 heteroatoms. The fourth-order valence-corrected chi connectivity index (χ4v) is 6.86. The molecular formula is C30H33ClFN5O5. The van der Waals surface area contributed by atoms with E-state index in [1.807, 2.05) is 0 Å². The number of carbonyl (C=O) groups excluding carboxylic acids is 4. The van der Waals surface area contributed by atoms with Crippen LogP contribution < -0.4 is 15.4 Å². The van der Waals surface area contributed by atoms with Crippen molar-refractivity contribution in [3.8, 4) is 5.88 Å². The minimum absolute atomic E-state index is 0.0498. The topological polar surface area (TPSA) is 121 Å². The number of carbonyl (C=O) groups is 4. The summed E-state index contributed by atoms with van der Waals surface area (Å²) in [5.74, 6) is -2.22. The van der Waals surface area contributed by atoms with E-state index in [-0.39, 0.29) is 42.0 Å².